The molecule has 0 spiro atoms. The third-order valence-corrected chi connectivity index (χ3v) is 5.59. The molecule has 0 bridgehead atoms. The Morgan fingerprint density at radius 2 is 2.06 bits per heavy atom. The summed E-state index contributed by atoms with van der Waals surface area (Å²) in [6.45, 7) is 3.48. The summed E-state index contributed by atoms with van der Waals surface area (Å²) >= 11 is 5.89. The summed E-state index contributed by atoms with van der Waals surface area (Å²) in [5, 5.41) is 21.1. The van der Waals surface area contributed by atoms with Crippen LogP contribution in [0.4, 0.5) is 4.39 Å². The first-order chi connectivity index (χ1) is 15.3. The van der Waals surface area contributed by atoms with Gasteiger partial charge in [0, 0.05) is 23.8 Å². The highest BCUT2D eigenvalue weighted by atomic mass is 35.5. The van der Waals surface area contributed by atoms with E-state index in [0.717, 1.165) is 6.42 Å². The normalized spacial score (nSPS) is 24.5. The van der Waals surface area contributed by atoms with E-state index in [9.17, 15) is 19.4 Å². The maximum atomic E-state index is 14.3. The molecule has 1 saturated carbocycles. The first kappa shape index (κ1) is 26.4. The predicted octanol–water partition coefficient (Wildman–Crippen LogP) is 5.04. The van der Waals surface area contributed by atoms with E-state index in [0.29, 0.717) is 30.0 Å². The SMILES string of the molecule is CC(C)OC(=O)CCCC=CC[C@@H]1[C@@H](C=C[C@H](F)COc2cccc(Cl)c2)[C@H](O)C[C@@H]1O. The molecule has 1 aliphatic carbocycles. The number of aliphatic hydroxyl groups excluding tert-OH is 2. The van der Waals surface area contributed by atoms with Crippen LogP contribution in [0, 0.1) is 11.8 Å². The highest BCUT2D eigenvalue weighted by Gasteiger charge is 2.39. The van der Waals surface area contributed by atoms with E-state index in [-0.39, 0.29) is 36.9 Å². The number of benzene rings is 1. The highest BCUT2D eigenvalue weighted by molar-refractivity contribution is 6.30. The van der Waals surface area contributed by atoms with Crippen LogP contribution in [0.5, 0.6) is 5.75 Å². The van der Waals surface area contributed by atoms with Gasteiger partial charge in [-0.15, -0.1) is 0 Å². The molecular weight excluding hydrogens is 435 g/mol. The van der Waals surface area contributed by atoms with E-state index >= 15 is 0 Å². The topological polar surface area (TPSA) is 76.0 Å². The number of hydrogen-bond donors (Lipinski definition) is 2. The molecular formula is C25H34ClFO5. The number of carbonyl (C=O) groups is 1. The molecule has 1 aromatic carbocycles. The Morgan fingerprint density at radius 3 is 2.78 bits per heavy atom. The Morgan fingerprint density at radius 1 is 1.28 bits per heavy atom. The third-order valence-electron chi connectivity index (χ3n) is 5.36. The average molecular weight is 469 g/mol. The van der Waals surface area contributed by atoms with Gasteiger partial charge >= 0.3 is 5.97 Å². The summed E-state index contributed by atoms with van der Waals surface area (Å²) in [5.74, 6) is -0.233. The zero-order valence-corrected chi connectivity index (χ0v) is 19.5. The van der Waals surface area contributed by atoms with Gasteiger partial charge in [-0.25, -0.2) is 4.39 Å². The number of aliphatic hydroxyl groups is 2. The van der Waals surface area contributed by atoms with E-state index < -0.39 is 18.4 Å². The zero-order valence-electron chi connectivity index (χ0n) is 18.7. The van der Waals surface area contributed by atoms with Crippen LogP contribution in [0.2, 0.25) is 5.02 Å². The van der Waals surface area contributed by atoms with Crippen LogP contribution in [0.3, 0.4) is 0 Å². The standard InChI is InChI=1S/C25H34ClFO5/c1-17(2)32-25(30)11-6-4-3-5-10-21-22(24(29)15-23(21)28)13-12-19(27)16-31-20-9-7-8-18(26)14-20/h3,5,7-9,12-14,17,19,21-24,28-29H,4,6,10-11,15-16H2,1-2H3/t19-,21+,22+,23-,24+/m0/s1. The van der Waals surface area contributed by atoms with Gasteiger partial charge in [0.15, 0.2) is 6.17 Å². The molecule has 1 aliphatic rings. The van der Waals surface area contributed by atoms with Crippen molar-refractivity contribution in [3.8, 4) is 5.75 Å². The Hall–Kier alpha value is -1.89. The number of halogens is 2. The van der Waals surface area contributed by atoms with Crippen molar-refractivity contribution in [3.05, 3.63) is 53.6 Å². The Balaban J connectivity index is 1.78. The van der Waals surface area contributed by atoms with Crippen molar-refractivity contribution in [2.45, 2.75) is 70.4 Å². The summed E-state index contributed by atoms with van der Waals surface area (Å²) in [4.78, 5) is 11.5. The van der Waals surface area contributed by atoms with Crippen molar-refractivity contribution in [2.75, 3.05) is 6.61 Å². The molecule has 0 aromatic heterocycles. The summed E-state index contributed by atoms with van der Waals surface area (Å²) in [5.41, 5.74) is 0. The van der Waals surface area contributed by atoms with Gasteiger partial charge in [-0.05, 0) is 57.2 Å². The van der Waals surface area contributed by atoms with E-state index in [1.54, 1.807) is 30.3 Å². The lowest BCUT2D eigenvalue weighted by atomic mass is 9.89. The molecule has 1 aromatic rings. The van der Waals surface area contributed by atoms with Gasteiger partial charge in [0.2, 0.25) is 0 Å². The van der Waals surface area contributed by atoms with E-state index in [1.807, 2.05) is 26.0 Å². The lowest BCUT2D eigenvalue weighted by molar-refractivity contribution is -0.147. The molecule has 0 heterocycles. The number of ether oxygens (including phenoxy) is 2. The number of esters is 1. The quantitative estimate of drug-likeness (QED) is 0.255. The molecule has 32 heavy (non-hydrogen) atoms. The van der Waals surface area contributed by atoms with E-state index in [2.05, 4.69) is 0 Å². The minimum Gasteiger partial charge on any atom is -0.490 e. The fourth-order valence-corrected chi connectivity index (χ4v) is 3.98. The van der Waals surface area contributed by atoms with Gasteiger partial charge < -0.3 is 19.7 Å². The van der Waals surface area contributed by atoms with Crippen LogP contribution in [0.15, 0.2) is 48.6 Å². The number of carbonyl (C=O) groups excluding carboxylic acids is 1. The molecule has 0 radical (unpaired) electrons. The van der Waals surface area contributed by atoms with Crippen LogP contribution in [-0.2, 0) is 9.53 Å². The van der Waals surface area contributed by atoms with Crippen molar-refractivity contribution < 1.29 is 28.9 Å². The van der Waals surface area contributed by atoms with Crippen molar-refractivity contribution in [2.24, 2.45) is 11.8 Å². The van der Waals surface area contributed by atoms with Crippen molar-refractivity contribution in [1.82, 2.24) is 0 Å². The molecule has 7 heteroatoms. The number of alkyl halides is 1. The molecule has 5 nitrogen and oxygen atoms in total. The average Bonchev–Trinajstić information content (AvgIpc) is 2.99. The third kappa shape index (κ3) is 9.31. The summed E-state index contributed by atoms with van der Waals surface area (Å²) < 4.78 is 24.8. The van der Waals surface area contributed by atoms with Crippen molar-refractivity contribution >= 4 is 17.6 Å². The Labute approximate surface area is 194 Å². The second-order valence-electron chi connectivity index (χ2n) is 8.42. The maximum Gasteiger partial charge on any atom is 0.306 e. The molecule has 5 atom stereocenters. The highest BCUT2D eigenvalue weighted by Crippen LogP contribution is 2.36. The monoisotopic (exact) mass is 468 g/mol. The van der Waals surface area contributed by atoms with Gasteiger partial charge in [-0.2, -0.15) is 0 Å². The second kappa shape index (κ2) is 13.6. The predicted molar refractivity (Wildman–Crippen MR) is 123 cm³/mol. The molecule has 2 rings (SSSR count). The van der Waals surface area contributed by atoms with E-state index in [1.165, 1.54) is 6.08 Å². The smallest absolute Gasteiger partial charge is 0.306 e. The largest absolute Gasteiger partial charge is 0.490 e. The second-order valence-corrected chi connectivity index (χ2v) is 8.86. The fraction of sp³-hybridized carbons (Fsp3) is 0.560. The van der Waals surface area contributed by atoms with Gasteiger partial charge in [0.25, 0.3) is 0 Å². The number of hydrogen-bond acceptors (Lipinski definition) is 5. The van der Waals surface area contributed by atoms with Crippen LogP contribution in [-0.4, -0.2) is 47.3 Å². The number of allylic oxidation sites excluding steroid dienone is 2. The summed E-state index contributed by atoms with van der Waals surface area (Å²) in [7, 11) is 0. The Bertz CT molecular complexity index is 766. The van der Waals surface area contributed by atoms with E-state index in [4.69, 9.17) is 21.1 Å². The molecule has 2 N–H and O–H groups in total. The fourth-order valence-electron chi connectivity index (χ4n) is 3.80. The number of rotatable bonds is 12. The first-order valence-corrected chi connectivity index (χ1v) is 11.6. The molecule has 0 aliphatic heterocycles. The van der Waals surface area contributed by atoms with Crippen molar-refractivity contribution in [3.63, 3.8) is 0 Å². The summed E-state index contributed by atoms with van der Waals surface area (Å²) in [6.07, 6.45) is 6.76. The van der Waals surface area contributed by atoms with Crippen LogP contribution in [0.25, 0.3) is 0 Å². The van der Waals surface area contributed by atoms with Gasteiger partial charge in [0.1, 0.15) is 12.4 Å². The molecule has 0 unspecified atom stereocenters. The lowest BCUT2D eigenvalue weighted by Gasteiger charge is -2.19. The summed E-state index contributed by atoms with van der Waals surface area (Å²) in [6, 6.07) is 6.76. The molecule has 1 fully saturated rings. The minimum atomic E-state index is -1.35. The minimum absolute atomic E-state index is 0.106. The van der Waals surface area contributed by atoms with Crippen LogP contribution < -0.4 is 4.74 Å². The molecule has 178 valence electrons. The molecule has 0 saturated heterocycles. The first-order valence-electron chi connectivity index (χ1n) is 11.2. The maximum absolute atomic E-state index is 14.3. The van der Waals surface area contributed by atoms with Crippen LogP contribution in [0.1, 0.15) is 46.0 Å². The van der Waals surface area contributed by atoms with Gasteiger partial charge in [-0.3, -0.25) is 4.79 Å². The van der Waals surface area contributed by atoms with Crippen molar-refractivity contribution in [1.29, 1.82) is 0 Å². The van der Waals surface area contributed by atoms with Gasteiger partial charge in [0.05, 0.1) is 18.3 Å². The number of unbranched alkanes of at least 4 members (excludes halogenated alkanes) is 1. The van der Waals surface area contributed by atoms with Crippen LogP contribution >= 0.6 is 11.6 Å². The molecule has 0 amide bonds. The van der Waals surface area contributed by atoms with Gasteiger partial charge in [-0.1, -0.05) is 42.0 Å². The zero-order chi connectivity index (χ0) is 23.5. The Kier molecular flexibility index (Phi) is 11.2. The lowest BCUT2D eigenvalue weighted by Crippen LogP contribution is -2.20.